The van der Waals surface area contributed by atoms with Crippen molar-refractivity contribution in [1.82, 2.24) is 20.2 Å². The molecule has 0 spiro atoms. The van der Waals surface area contributed by atoms with E-state index in [-0.39, 0.29) is 10.6 Å². The van der Waals surface area contributed by atoms with E-state index in [9.17, 15) is 8.42 Å². The molecule has 7 nitrogen and oxygen atoms in total. The van der Waals surface area contributed by atoms with Crippen LogP contribution in [0.2, 0.25) is 0 Å². The van der Waals surface area contributed by atoms with E-state index in [1.165, 1.54) is 11.0 Å². The molecular formula is C17H18N4O3S. The van der Waals surface area contributed by atoms with Crippen LogP contribution in [0.3, 0.4) is 0 Å². The normalized spacial score (nSPS) is 11.6. The minimum absolute atomic E-state index is 0.129. The fourth-order valence-electron chi connectivity index (χ4n) is 2.37. The fourth-order valence-corrected chi connectivity index (χ4v) is 3.30. The molecule has 0 radical (unpaired) electrons. The van der Waals surface area contributed by atoms with Gasteiger partial charge in [0.1, 0.15) is 17.0 Å². The standard InChI is InChI=1S/C17H18N4O3S/c1-13(2)11-14-3-9-17(10-4-14)25(22,23)24-16-7-5-15(6-8-16)21-12-18-19-20-21/h3-10,12-13H,11H2,1-2H3. The highest BCUT2D eigenvalue weighted by Crippen LogP contribution is 2.21. The second-order valence-electron chi connectivity index (χ2n) is 6.03. The molecule has 0 aliphatic heterocycles. The summed E-state index contributed by atoms with van der Waals surface area (Å²) in [7, 11) is -3.87. The Hall–Kier alpha value is -2.74. The quantitative estimate of drug-likeness (QED) is 0.630. The zero-order chi connectivity index (χ0) is 17.9. The van der Waals surface area contributed by atoms with Gasteiger partial charge in [0.05, 0.1) is 5.69 Å². The van der Waals surface area contributed by atoms with Crippen LogP contribution in [-0.4, -0.2) is 28.6 Å². The molecule has 3 rings (SSSR count). The monoisotopic (exact) mass is 358 g/mol. The predicted molar refractivity (Wildman–Crippen MR) is 92.0 cm³/mol. The lowest BCUT2D eigenvalue weighted by Gasteiger charge is -2.09. The molecule has 0 saturated heterocycles. The third-order valence-electron chi connectivity index (χ3n) is 3.51. The summed E-state index contributed by atoms with van der Waals surface area (Å²) in [6, 6.07) is 13.2. The molecule has 0 N–H and O–H groups in total. The lowest BCUT2D eigenvalue weighted by molar-refractivity contribution is 0.486. The maximum atomic E-state index is 12.4. The van der Waals surface area contributed by atoms with E-state index in [4.69, 9.17) is 4.18 Å². The zero-order valence-corrected chi connectivity index (χ0v) is 14.7. The summed E-state index contributed by atoms with van der Waals surface area (Å²) < 4.78 is 31.4. The van der Waals surface area contributed by atoms with Gasteiger partial charge in [0, 0.05) is 0 Å². The first-order valence-corrected chi connectivity index (χ1v) is 9.22. The average molecular weight is 358 g/mol. The van der Waals surface area contributed by atoms with Gasteiger partial charge >= 0.3 is 10.1 Å². The van der Waals surface area contributed by atoms with Gasteiger partial charge in [-0.05, 0) is 64.7 Å². The molecule has 0 aliphatic rings. The van der Waals surface area contributed by atoms with E-state index in [1.54, 1.807) is 36.4 Å². The van der Waals surface area contributed by atoms with Gasteiger partial charge in [0.25, 0.3) is 0 Å². The van der Waals surface area contributed by atoms with E-state index in [2.05, 4.69) is 29.4 Å². The van der Waals surface area contributed by atoms with Crippen molar-refractivity contribution in [3.63, 3.8) is 0 Å². The zero-order valence-electron chi connectivity index (χ0n) is 13.9. The first-order valence-electron chi connectivity index (χ1n) is 7.81. The second kappa shape index (κ2) is 7.02. The van der Waals surface area contributed by atoms with Crippen molar-refractivity contribution in [1.29, 1.82) is 0 Å². The predicted octanol–water partition coefficient (Wildman–Crippen LogP) is 2.63. The molecule has 1 aromatic heterocycles. The van der Waals surface area contributed by atoms with Crippen molar-refractivity contribution >= 4 is 10.1 Å². The Morgan fingerprint density at radius 3 is 2.28 bits per heavy atom. The summed E-state index contributed by atoms with van der Waals surface area (Å²) in [5.41, 5.74) is 1.80. The van der Waals surface area contributed by atoms with Gasteiger partial charge in [-0.25, -0.2) is 4.68 Å². The molecular weight excluding hydrogens is 340 g/mol. The van der Waals surface area contributed by atoms with Crippen LogP contribution in [0.15, 0.2) is 59.8 Å². The highest BCUT2D eigenvalue weighted by Gasteiger charge is 2.16. The third kappa shape index (κ3) is 4.21. The van der Waals surface area contributed by atoms with Crippen LogP contribution in [0.25, 0.3) is 5.69 Å². The Balaban J connectivity index is 1.74. The topological polar surface area (TPSA) is 87.0 Å². The van der Waals surface area contributed by atoms with E-state index < -0.39 is 10.1 Å². The summed E-state index contributed by atoms with van der Waals surface area (Å²) in [6.07, 6.45) is 2.35. The fraction of sp³-hybridized carbons (Fsp3) is 0.235. The molecule has 25 heavy (non-hydrogen) atoms. The summed E-state index contributed by atoms with van der Waals surface area (Å²) >= 11 is 0. The van der Waals surface area contributed by atoms with E-state index in [1.807, 2.05) is 12.1 Å². The Morgan fingerprint density at radius 1 is 1.04 bits per heavy atom. The summed E-state index contributed by atoms with van der Waals surface area (Å²) in [5, 5.41) is 10.9. The van der Waals surface area contributed by atoms with Gasteiger partial charge in [-0.1, -0.05) is 26.0 Å². The number of hydrogen-bond acceptors (Lipinski definition) is 6. The number of hydrogen-bond donors (Lipinski definition) is 0. The Bertz CT molecular complexity index is 919. The van der Waals surface area contributed by atoms with Crippen LogP contribution in [-0.2, 0) is 16.5 Å². The Labute approximate surface area is 146 Å². The third-order valence-corrected chi connectivity index (χ3v) is 4.77. The van der Waals surface area contributed by atoms with E-state index in [0.29, 0.717) is 11.6 Å². The lowest BCUT2D eigenvalue weighted by Crippen LogP contribution is -2.10. The van der Waals surface area contributed by atoms with Crippen LogP contribution in [0.4, 0.5) is 0 Å². The molecule has 0 saturated carbocycles. The van der Waals surface area contributed by atoms with Crippen LogP contribution in [0.1, 0.15) is 19.4 Å². The van der Waals surface area contributed by atoms with Crippen molar-refractivity contribution in [3.8, 4) is 11.4 Å². The highest BCUT2D eigenvalue weighted by molar-refractivity contribution is 7.87. The molecule has 0 bridgehead atoms. The first-order chi connectivity index (χ1) is 11.9. The second-order valence-corrected chi connectivity index (χ2v) is 7.57. The van der Waals surface area contributed by atoms with Crippen LogP contribution in [0, 0.1) is 5.92 Å². The Kier molecular flexibility index (Phi) is 4.80. The highest BCUT2D eigenvalue weighted by atomic mass is 32.2. The summed E-state index contributed by atoms with van der Waals surface area (Å²) in [6.45, 7) is 4.24. The molecule has 0 atom stereocenters. The van der Waals surface area contributed by atoms with Gasteiger partial charge in [0.2, 0.25) is 0 Å². The van der Waals surface area contributed by atoms with Gasteiger partial charge in [-0.3, -0.25) is 0 Å². The number of rotatable bonds is 6. The van der Waals surface area contributed by atoms with Gasteiger partial charge in [-0.15, -0.1) is 5.10 Å². The molecule has 130 valence electrons. The SMILES string of the molecule is CC(C)Cc1ccc(S(=O)(=O)Oc2ccc(-n3cnnn3)cc2)cc1. The maximum Gasteiger partial charge on any atom is 0.339 e. The molecule has 8 heteroatoms. The molecule has 3 aromatic rings. The lowest BCUT2D eigenvalue weighted by atomic mass is 10.0. The molecule has 2 aromatic carbocycles. The minimum atomic E-state index is -3.87. The number of tetrazole rings is 1. The van der Waals surface area contributed by atoms with Gasteiger partial charge in [0.15, 0.2) is 0 Å². The average Bonchev–Trinajstić information content (AvgIpc) is 3.09. The van der Waals surface area contributed by atoms with Crippen molar-refractivity contribution in [3.05, 3.63) is 60.4 Å². The van der Waals surface area contributed by atoms with Gasteiger partial charge < -0.3 is 4.18 Å². The summed E-state index contributed by atoms with van der Waals surface area (Å²) in [5.74, 6) is 0.737. The van der Waals surface area contributed by atoms with Crippen LogP contribution >= 0.6 is 0 Å². The number of benzene rings is 2. The molecule has 0 aliphatic carbocycles. The molecule has 0 amide bonds. The molecule has 1 heterocycles. The largest absolute Gasteiger partial charge is 0.379 e. The van der Waals surface area contributed by atoms with Crippen molar-refractivity contribution < 1.29 is 12.6 Å². The van der Waals surface area contributed by atoms with Crippen molar-refractivity contribution in [2.75, 3.05) is 0 Å². The van der Waals surface area contributed by atoms with Crippen molar-refractivity contribution in [2.45, 2.75) is 25.2 Å². The van der Waals surface area contributed by atoms with Gasteiger partial charge in [-0.2, -0.15) is 8.42 Å². The smallest absolute Gasteiger partial charge is 0.339 e. The minimum Gasteiger partial charge on any atom is -0.379 e. The Morgan fingerprint density at radius 2 is 1.72 bits per heavy atom. The van der Waals surface area contributed by atoms with Crippen LogP contribution in [0.5, 0.6) is 5.75 Å². The van der Waals surface area contributed by atoms with Crippen molar-refractivity contribution in [2.24, 2.45) is 5.92 Å². The first kappa shape index (κ1) is 17.1. The van der Waals surface area contributed by atoms with E-state index >= 15 is 0 Å². The molecule has 0 unspecified atom stereocenters. The summed E-state index contributed by atoms with van der Waals surface area (Å²) in [4.78, 5) is 0.129. The maximum absolute atomic E-state index is 12.4. The number of aromatic nitrogens is 4. The number of nitrogens with zero attached hydrogens (tertiary/aromatic N) is 4. The molecule has 0 fully saturated rings. The van der Waals surface area contributed by atoms with Crippen LogP contribution < -0.4 is 4.18 Å². The van der Waals surface area contributed by atoms with E-state index in [0.717, 1.165) is 12.0 Å².